The van der Waals surface area contributed by atoms with Crippen molar-refractivity contribution >= 4 is 9.84 Å². The van der Waals surface area contributed by atoms with E-state index in [0.717, 1.165) is 50.4 Å². The van der Waals surface area contributed by atoms with Crippen LogP contribution in [0.5, 0.6) is 0 Å². The first-order valence-electron chi connectivity index (χ1n) is 9.73. The van der Waals surface area contributed by atoms with Crippen LogP contribution in [0.2, 0.25) is 0 Å². The number of imidazole rings is 1. The first-order chi connectivity index (χ1) is 13.0. The molecule has 3 heterocycles. The fourth-order valence-corrected chi connectivity index (χ4v) is 6.48. The Bertz CT molecular complexity index is 865. The Kier molecular flexibility index (Phi) is 5.34. The first-order valence-corrected chi connectivity index (χ1v) is 11.6. The van der Waals surface area contributed by atoms with E-state index in [0.29, 0.717) is 5.75 Å². The minimum Gasteiger partial charge on any atom is -0.348 e. The summed E-state index contributed by atoms with van der Waals surface area (Å²) in [7, 11) is -2.97. The predicted molar refractivity (Wildman–Crippen MR) is 106 cm³/mol. The Morgan fingerprint density at radius 2 is 1.81 bits per heavy atom. The van der Waals surface area contributed by atoms with Crippen LogP contribution >= 0.6 is 0 Å². The highest BCUT2D eigenvalue weighted by Crippen LogP contribution is 2.28. The van der Waals surface area contributed by atoms with Gasteiger partial charge in [-0.15, -0.1) is 0 Å². The van der Waals surface area contributed by atoms with Crippen molar-refractivity contribution in [3.63, 3.8) is 0 Å². The van der Waals surface area contributed by atoms with Gasteiger partial charge in [-0.05, 0) is 31.9 Å². The second kappa shape index (κ2) is 7.73. The summed E-state index contributed by atoms with van der Waals surface area (Å²) in [6.45, 7) is 5.53. The fraction of sp³-hybridized carbons (Fsp3) is 0.550. The third kappa shape index (κ3) is 4.25. The van der Waals surface area contributed by atoms with Crippen molar-refractivity contribution < 1.29 is 8.42 Å². The van der Waals surface area contributed by atoms with Crippen LogP contribution in [0.25, 0.3) is 0 Å². The van der Waals surface area contributed by atoms with Crippen LogP contribution in [0.1, 0.15) is 23.4 Å². The van der Waals surface area contributed by atoms with Gasteiger partial charge in [-0.1, -0.05) is 30.3 Å². The highest BCUT2D eigenvalue weighted by atomic mass is 32.2. The summed E-state index contributed by atoms with van der Waals surface area (Å²) in [4.78, 5) is 12.3. The van der Waals surface area contributed by atoms with E-state index in [1.54, 1.807) is 6.33 Å². The number of fused-ring (bicyclic) bond motifs is 1. The minimum atomic E-state index is -2.97. The van der Waals surface area contributed by atoms with E-state index in [4.69, 9.17) is 0 Å². The number of piperazine rings is 1. The molecule has 7 heteroatoms. The van der Waals surface area contributed by atoms with Gasteiger partial charge in [-0.25, -0.2) is 13.4 Å². The molecule has 0 amide bonds. The van der Waals surface area contributed by atoms with Gasteiger partial charge in [0.1, 0.15) is 0 Å². The maximum Gasteiger partial charge on any atom is 0.153 e. The molecule has 0 saturated carbocycles. The van der Waals surface area contributed by atoms with Gasteiger partial charge in [-0.3, -0.25) is 9.80 Å². The van der Waals surface area contributed by atoms with Crippen molar-refractivity contribution in [1.82, 2.24) is 19.8 Å². The zero-order chi connectivity index (χ0) is 18.9. The molecule has 0 spiro atoms. The average Bonchev–Trinajstić information content (AvgIpc) is 3.20. The van der Waals surface area contributed by atoms with Crippen LogP contribution < -0.4 is 0 Å². The molecule has 2 aliphatic heterocycles. The normalized spacial score (nSPS) is 25.5. The fourth-order valence-electron chi connectivity index (χ4n) is 4.44. The van der Waals surface area contributed by atoms with Crippen LogP contribution in [-0.4, -0.2) is 71.4 Å². The van der Waals surface area contributed by atoms with E-state index in [9.17, 15) is 8.42 Å². The number of aromatic amines is 1. The summed E-state index contributed by atoms with van der Waals surface area (Å²) >= 11 is 0. The zero-order valence-corrected chi connectivity index (χ0v) is 16.7. The monoisotopic (exact) mass is 388 g/mol. The van der Waals surface area contributed by atoms with Crippen LogP contribution in [0.4, 0.5) is 0 Å². The lowest BCUT2D eigenvalue weighted by molar-refractivity contribution is 0.0391. The lowest BCUT2D eigenvalue weighted by Gasteiger charge is -2.43. The van der Waals surface area contributed by atoms with Gasteiger partial charge in [-0.2, -0.15) is 0 Å². The second-order valence-corrected chi connectivity index (χ2v) is 9.94. The molecule has 6 nitrogen and oxygen atoms in total. The topological polar surface area (TPSA) is 69.3 Å². The molecule has 1 aromatic heterocycles. The summed E-state index contributed by atoms with van der Waals surface area (Å²) in [6, 6.07) is 10.7. The molecule has 2 saturated heterocycles. The van der Waals surface area contributed by atoms with E-state index in [1.807, 2.05) is 13.0 Å². The summed E-state index contributed by atoms with van der Waals surface area (Å²) in [5.41, 5.74) is 3.44. The van der Waals surface area contributed by atoms with Crippen LogP contribution in [0, 0.1) is 6.92 Å². The number of nitrogens with one attached hydrogen (secondary N) is 1. The van der Waals surface area contributed by atoms with Gasteiger partial charge in [0.2, 0.25) is 0 Å². The minimum absolute atomic E-state index is 0.0802. The van der Waals surface area contributed by atoms with Crippen molar-refractivity contribution in [2.75, 3.05) is 31.1 Å². The van der Waals surface area contributed by atoms with Crippen LogP contribution in [0.3, 0.4) is 0 Å². The third-order valence-corrected chi connectivity index (χ3v) is 7.65. The molecule has 2 aliphatic rings. The molecule has 2 fully saturated rings. The maximum absolute atomic E-state index is 12.4. The van der Waals surface area contributed by atoms with Gasteiger partial charge in [0.25, 0.3) is 0 Å². The Balaban J connectivity index is 1.41. The van der Waals surface area contributed by atoms with Gasteiger partial charge in [0.05, 0.1) is 23.5 Å². The Hall–Kier alpha value is -1.70. The van der Waals surface area contributed by atoms with Crippen molar-refractivity contribution in [1.29, 1.82) is 0 Å². The smallest absolute Gasteiger partial charge is 0.153 e. The molecule has 2 atom stereocenters. The third-order valence-electron chi connectivity index (χ3n) is 5.95. The molecule has 27 heavy (non-hydrogen) atoms. The van der Waals surface area contributed by atoms with E-state index in [1.165, 1.54) is 5.56 Å². The predicted octanol–water partition coefficient (Wildman–Crippen LogP) is 1.63. The maximum atomic E-state index is 12.4. The second-order valence-electron chi connectivity index (χ2n) is 7.78. The van der Waals surface area contributed by atoms with Crippen LogP contribution in [-0.2, 0) is 22.8 Å². The SMILES string of the molecule is Cc1[nH]cnc1CN1CCN(CCCc2ccccc2)C2CS(=O)(=O)CC21. The van der Waals surface area contributed by atoms with E-state index in [-0.39, 0.29) is 17.8 Å². The Morgan fingerprint density at radius 1 is 1.11 bits per heavy atom. The quantitative estimate of drug-likeness (QED) is 0.815. The summed E-state index contributed by atoms with van der Waals surface area (Å²) in [5, 5.41) is 0. The molecular weight excluding hydrogens is 360 g/mol. The van der Waals surface area contributed by atoms with Crippen molar-refractivity contribution in [2.45, 2.75) is 38.4 Å². The van der Waals surface area contributed by atoms with Gasteiger partial charge < -0.3 is 4.98 Å². The van der Waals surface area contributed by atoms with Gasteiger partial charge >= 0.3 is 0 Å². The molecule has 1 N–H and O–H groups in total. The first kappa shape index (κ1) is 18.7. The highest BCUT2D eigenvalue weighted by molar-refractivity contribution is 7.91. The number of hydrogen-bond donors (Lipinski definition) is 1. The summed E-state index contributed by atoms with van der Waals surface area (Å²) in [6.07, 6.45) is 3.82. The number of sulfone groups is 1. The highest BCUT2D eigenvalue weighted by Gasteiger charge is 2.46. The molecule has 2 aromatic rings. The Labute approximate surface area is 161 Å². The molecule has 2 unspecified atom stereocenters. The van der Waals surface area contributed by atoms with E-state index < -0.39 is 9.84 Å². The van der Waals surface area contributed by atoms with E-state index in [2.05, 4.69) is 44.0 Å². The van der Waals surface area contributed by atoms with Crippen molar-refractivity contribution in [3.05, 3.63) is 53.6 Å². The average molecular weight is 389 g/mol. The number of aromatic nitrogens is 2. The van der Waals surface area contributed by atoms with Gasteiger partial charge in [0.15, 0.2) is 9.84 Å². The number of rotatable bonds is 6. The van der Waals surface area contributed by atoms with Gasteiger partial charge in [0, 0.05) is 37.4 Å². The molecule has 1 aromatic carbocycles. The molecular formula is C20H28N4O2S. The lowest BCUT2D eigenvalue weighted by atomic mass is 10.0. The Morgan fingerprint density at radius 3 is 2.52 bits per heavy atom. The lowest BCUT2D eigenvalue weighted by Crippen LogP contribution is -2.58. The number of benzene rings is 1. The largest absolute Gasteiger partial charge is 0.348 e. The molecule has 0 bridgehead atoms. The molecule has 4 rings (SSSR count). The summed E-state index contributed by atoms with van der Waals surface area (Å²) in [5.74, 6) is 0.565. The van der Waals surface area contributed by atoms with Crippen molar-refractivity contribution in [3.8, 4) is 0 Å². The van der Waals surface area contributed by atoms with E-state index >= 15 is 0 Å². The standard InChI is InChI=1S/C20H28N4O2S/c1-16-18(22-15-21-16)12-24-11-10-23(19-13-27(25,26)14-20(19)24)9-5-8-17-6-3-2-4-7-17/h2-4,6-7,15,19-20H,5,8-14H2,1H3,(H,21,22). The molecule has 0 aliphatic carbocycles. The number of H-pyrrole nitrogens is 1. The zero-order valence-electron chi connectivity index (χ0n) is 15.8. The molecule has 146 valence electrons. The van der Waals surface area contributed by atoms with Crippen molar-refractivity contribution in [2.24, 2.45) is 0 Å². The number of nitrogens with zero attached hydrogens (tertiary/aromatic N) is 3. The number of aryl methyl sites for hydroxylation is 2. The summed E-state index contributed by atoms with van der Waals surface area (Å²) < 4.78 is 24.8. The van der Waals surface area contributed by atoms with Crippen LogP contribution in [0.15, 0.2) is 36.7 Å². The number of hydrogen-bond acceptors (Lipinski definition) is 5. The molecule has 0 radical (unpaired) electrons.